The molecule has 0 aromatic carbocycles. The monoisotopic (exact) mass is 249 g/mol. The van der Waals surface area contributed by atoms with Crippen LogP contribution in [-0.4, -0.2) is 23.2 Å². The molecule has 3 rings (SSSR count). The topological polar surface area (TPSA) is 51.0 Å². The molecule has 1 atom stereocenters. The number of piperidine rings is 1. The highest BCUT2D eigenvalue weighted by Crippen LogP contribution is 2.35. The fourth-order valence-electron chi connectivity index (χ4n) is 3.16. The van der Waals surface area contributed by atoms with E-state index in [1.165, 1.54) is 38.5 Å². The Bertz CT molecular complexity index is 376. The summed E-state index contributed by atoms with van der Waals surface area (Å²) in [5.74, 6) is 3.65. The van der Waals surface area contributed by atoms with Crippen molar-refractivity contribution in [2.75, 3.05) is 13.1 Å². The van der Waals surface area contributed by atoms with E-state index in [4.69, 9.17) is 4.52 Å². The van der Waals surface area contributed by atoms with Gasteiger partial charge in [-0.25, -0.2) is 0 Å². The number of hydrogen-bond acceptors (Lipinski definition) is 4. The Balaban J connectivity index is 1.65. The SMILES string of the molecule is CC1CCC(c2nc(C3CCCNC3)no2)CC1. The molecule has 0 amide bonds. The van der Waals surface area contributed by atoms with Crippen LogP contribution in [0.3, 0.4) is 0 Å². The normalized spacial score (nSPS) is 33.5. The lowest BCUT2D eigenvalue weighted by atomic mass is 9.83. The van der Waals surface area contributed by atoms with Gasteiger partial charge in [-0.15, -0.1) is 0 Å². The summed E-state index contributed by atoms with van der Waals surface area (Å²) in [5.41, 5.74) is 0. The molecule has 4 nitrogen and oxygen atoms in total. The zero-order chi connectivity index (χ0) is 12.4. The molecule has 1 aromatic heterocycles. The van der Waals surface area contributed by atoms with Crippen molar-refractivity contribution in [3.05, 3.63) is 11.7 Å². The zero-order valence-electron chi connectivity index (χ0n) is 11.2. The van der Waals surface area contributed by atoms with Gasteiger partial charge in [0.25, 0.3) is 0 Å². The van der Waals surface area contributed by atoms with Gasteiger partial charge in [-0.1, -0.05) is 12.1 Å². The van der Waals surface area contributed by atoms with Gasteiger partial charge in [-0.3, -0.25) is 0 Å². The summed E-state index contributed by atoms with van der Waals surface area (Å²) in [6.07, 6.45) is 7.43. The third-order valence-electron chi connectivity index (χ3n) is 4.48. The predicted molar refractivity (Wildman–Crippen MR) is 69.5 cm³/mol. The fourth-order valence-corrected chi connectivity index (χ4v) is 3.16. The Kier molecular flexibility index (Phi) is 3.64. The van der Waals surface area contributed by atoms with E-state index in [-0.39, 0.29) is 0 Å². The van der Waals surface area contributed by atoms with Gasteiger partial charge in [0.05, 0.1) is 0 Å². The van der Waals surface area contributed by atoms with E-state index in [2.05, 4.69) is 22.4 Å². The number of nitrogens with zero attached hydrogens (tertiary/aromatic N) is 2. The van der Waals surface area contributed by atoms with Crippen molar-refractivity contribution in [2.45, 2.75) is 57.3 Å². The first-order chi connectivity index (χ1) is 8.83. The number of nitrogens with one attached hydrogen (secondary N) is 1. The molecule has 2 heterocycles. The standard InChI is InChI=1S/C14H23N3O/c1-10-4-6-11(7-5-10)14-16-13(17-18-14)12-3-2-8-15-9-12/h10-12,15H,2-9H2,1H3. The second-order valence-electron chi connectivity index (χ2n) is 5.99. The second kappa shape index (κ2) is 5.39. The summed E-state index contributed by atoms with van der Waals surface area (Å²) < 4.78 is 5.50. The lowest BCUT2D eigenvalue weighted by Crippen LogP contribution is -2.28. The summed E-state index contributed by atoms with van der Waals surface area (Å²) in [7, 11) is 0. The molecule has 2 fully saturated rings. The van der Waals surface area contributed by atoms with Gasteiger partial charge in [0.15, 0.2) is 5.82 Å². The van der Waals surface area contributed by atoms with Crippen LogP contribution < -0.4 is 5.32 Å². The average molecular weight is 249 g/mol. The third kappa shape index (κ3) is 2.58. The molecule has 0 bridgehead atoms. The summed E-state index contributed by atoms with van der Waals surface area (Å²) >= 11 is 0. The van der Waals surface area contributed by atoms with Crippen molar-refractivity contribution in [2.24, 2.45) is 5.92 Å². The first-order valence-corrected chi connectivity index (χ1v) is 7.37. The summed E-state index contributed by atoms with van der Waals surface area (Å²) in [6, 6.07) is 0. The third-order valence-corrected chi connectivity index (χ3v) is 4.48. The van der Waals surface area contributed by atoms with Gasteiger partial charge in [0.1, 0.15) is 0 Å². The van der Waals surface area contributed by atoms with Crippen molar-refractivity contribution in [1.82, 2.24) is 15.5 Å². The van der Waals surface area contributed by atoms with Gasteiger partial charge >= 0.3 is 0 Å². The Labute approximate surface area is 109 Å². The smallest absolute Gasteiger partial charge is 0.229 e. The van der Waals surface area contributed by atoms with E-state index < -0.39 is 0 Å². The van der Waals surface area contributed by atoms with Gasteiger partial charge in [-0.05, 0) is 51.0 Å². The molecule has 1 aliphatic heterocycles. The maximum Gasteiger partial charge on any atom is 0.229 e. The molecular weight excluding hydrogens is 226 g/mol. The van der Waals surface area contributed by atoms with Gasteiger partial charge in [0.2, 0.25) is 5.89 Å². The van der Waals surface area contributed by atoms with Gasteiger partial charge in [0, 0.05) is 18.4 Å². The minimum Gasteiger partial charge on any atom is -0.339 e. The molecule has 1 unspecified atom stereocenters. The fraction of sp³-hybridized carbons (Fsp3) is 0.857. The molecular formula is C14H23N3O. The highest BCUT2D eigenvalue weighted by atomic mass is 16.5. The zero-order valence-corrected chi connectivity index (χ0v) is 11.2. The van der Waals surface area contributed by atoms with Crippen molar-refractivity contribution in [3.8, 4) is 0 Å². The van der Waals surface area contributed by atoms with Crippen LogP contribution in [0.4, 0.5) is 0 Å². The Morgan fingerprint density at radius 3 is 2.67 bits per heavy atom. The van der Waals surface area contributed by atoms with Gasteiger partial charge < -0.3 is 9.84 Å². The van der Waals surface area contributed by atoms with E-state index in [0.29, 0.717) is 11.8 Å². The molecule has 1 saturated heterocycles. The first-order valence-electron chi connectivity index (χ1n) is 7.37. The molecule has 1 N–H and O–H groups in total. The average Bonchev–Trinajstić information content (AvgIpc) is 2.90. The van der Waals surface area contributed by atoms with E-state index in [1.54, 1.807) is 0 Å². The predicted octanol–water partition coefficient (Wildman–Crippen LogP) is 2.83. The Morgan fingerprint density at radius 1 is 1.11 bits per heavy atom. The molecule has 1 saturated carbocycles. The van der Waals surface area contributed by atoms with Crippen LogP contribution in [0.1, 0.15) is 69.0 Å². The maximum absolute atomic E-state index is 5.50. The summed E-state index contributed by atoms with van der Waals surface area (Å²) in [4.78, 5) is 4.66. The quantitative estimate of drug-likeness (QED) is 0.875. The number of hydrogen-bond donors (Lipinski definition) is 1. The lowest BCUT2D eigenvalue weighted by Gasteiger charge is -2.23. The first kappa shape index (κ1) is 12.2. The van der Waals surface area contributed by atoms with Crippen LogP contribution in [0.15, 0.2) is 4.52 Å². The van der Waals surface area contributed by atoms with Crippen LogP contribution in [0.25, 0.3) is 0 Å². The summed E-state index contributed by atoms with van der Waals surface area (Å²) in [6.45, 7) is 4.46. The van der Waals surface area contributed by atoms with Crippen molar-refractivity contribution >= 4 is 0 Å². The van der Waals surface area contributed by atoms with Crippen LogP contribution in [0.5, 0.6) is 0 Å². The molecule has 0 radical (unpaired) electrons. The van der Waals surface area contributed by atoms with E-state index in [1.807, 2.05) is 0 Å². The van der Waals surface area contributed by atoms with Crippen molar-refractivity contribution in [3.63, 3.8) is 0 Å². The minimum atomic E-state index is 0.457. The van der Waals surface area contributed by atoms with E-state index >= 15 is 0 Å². The van der Waals surface area contributed by atoms with E-state index in [9.17, 15) is 0 Å². The molecule has 18 heavy (non-hydrogen) atoms. The molecule has 2 aliphatic rings. The van der Waals surface area contributed by atoms with Crippen molar-refractivity contribution < 1.29 is 4.52 Å². The van der Waals surface area contributed by atoms with Crippen LogP contribution in [0, 0.1) is 5.92 Å². The maximum atomic E-state index is 5.50. The van der Waals surface area contributed by atoms with Crippen LogP contribution in [0.2, 0.25) is 0 Å². The Hall–Kier alpha value is -0.900. The van der Waals surface area contributed by atoms with Crippen LogP contribution >= 0.6 is 0 Å². The number of rotatable bonds is 2. The molecule has 4 heteroatoms. The second-order valence-corrected chi connectivity index (χ2v) is 5.99. The van der Waals surface area contributed by atoms with Crippen LogP contribution in [-0.2, 0) is 0 Å². The Morgan fingerprint density at radius 2 is 1.94 bits per heavy atom. The largest absolute Gasteiger partial charge is 0.339 e. The molecule has 100 valence electrons. The molecule has 0 spiro atoms. The van der Waals surface area contributed by atoms with Gasteiger partial charge in [-0.2, -0.15) is 4.98 Å². The molecule has 1 aromatic rings. The highest BCUT2D eigenvalue weighted by molar-refractivity contribution is 5.02. The lowest BCUT2D eigenvalue weighted by molar-refractivity contribution is 0.279. The summed E-state index contributed by atoms with van der Waals surface area (Å²) in [5, 5.41) is 7.61. The highest BCUT2D eigenvalue weighted by Gasteiger charge is 2.26. The molecule has 1 aliphatic carbocycles. The minimum absolute atomic E-state index is 0.457. The number of aromatic nitrogens is 2. The van der Waals surface area contributed by atoms with E-state index in [0.717, 1.165) is 30.7 Å². The van der Waals surface area contributed by atoms with Crippen molar-refractivity contribution in [1.29, 1.82) is 0 Å².